The largest absolute Gasteiger partial charge is 0.462 e. The molecule has 1 heterocycles. The third-order valence-electron chi connectivity index (χ3n) is 4.31. The first kappa shape index (κ1) is 20.9. The number of alkyl halides is 3. The average Bonchev–Trinajstić information content (AvgIpc) is 3.13. The third kappa shape index (κ3) is 4.59. The Kier molecular flexibility index (Phi) is 5.93. The maximum absolute atomic E-state index is 12.8. The quantitative estimate of drug-likeness (QED) is 0.570. The van der Waals surface area contributed by atoms with Gasteiger partial charge in [0.05, 0.1) is 23.4 Å². The first-order valence-electron chi connectivity index (χ1n) is 8.72. The first-order valence-corrected chi connectivity index (χ1v) is 10.3. The number of hydrogen-bond donors (Lipinski definition) is 1. The van der Waals surface area contributed by atoms with Crippen molar-refractivity contribution in [2.45, 2.75) is 18.0 Å². The Morgan fingerprint density at radius 1 is 1.03 bits per heavy atom. The van der Waals surface area contributed by atoms with Crippen molar-refractivity contribution >= 4 is 16.8 Å². The molecule has 2 aromatic carbocycles. The molecule has 0 amide bonds. The summed E-state index contributed by atoms with van der Waals surface area (Å²) in [7, 11) is -1.14. The lowest BCUT2D eigenvalue weighted by Crippen LogP contribution is -2.05. The van der Waals surface area contributed by atoms with Crippen LogP contribution in [0.2, 0.25) is 0 Å². The van der Waals surface area contributed by atoms with Crippen LogP contribution in [-0.2, 0) is 21.7 Å². The monoisotopic (exact) mass is 421 g/mol. The van der Waals surface area contributed by atoms with Gasteiger partial charge in [0.1, 0.15) is 0 Å². The predicted octanol–water partition coefficient (Wildman–Crippen LogP) is 5.28. The molecule has 4 nitrogen and oxygen atoms in total. The van der Waals surface area contributed by atoms with Gasteiger partial charge in [0.2, 0.25) is 0 Å². The lowest BCUT2D eigenvalue weighted by molar-refractivity contribution is -0.137. The number of aromatic amines is 1. The van der Waals surface area contributed by atoms with Crippen molar-refractivity contribution in [1.29, 1.82) is 0 Å². The Morgan fingerprint density at radius 2 is 1.62 bits per heavy atom. The number of halogens is 3. The minimum Gasteiger partial charge on any atom is -0.462 e. The highest BCUT2D eigenvalue weighted by atomic mass is 32.2. The third-order valence-corrected chi connectivity index (χ3v) is 5.25. The summed E-state index contributed by atoms with van der Waals surface area (Å²) in [5.41, 5.74) is 1.65. The van der Waals surface area contributed by atoms with E-state index in [0.717, 1.165) is 12.1 Å². The van der Waals surface area contributed by atoms with Crippen molar-refractivity contribution in [2.75, 3.05) is 12.9 Å². The van der Waals surface area contributed by atoms with E-state index in [0.29, 0.717) is 27.4 Å². The normalized spacial score (nSPS) is 12.6. The molecular weight excluding hydrogens is 403 g/mol. The van der Waals surface area contributed by atoms with Crippen LogP contribution < -0.4 is 0 Å². The van der Waals surface area contributed by atoms with Crippen LogP contribution >= 0.6 is 0 Å². The molecule has 0 fully saturated rings. The zero-order valence-corrected chi connectivity index (χ0v) is 16.5. The molecule has 0 radical (unpaired) electrons. The van der Waals surface area contributed by atoms with E-state index in [2.05, 4.69) is 4.98 Å². The molecule has 29 heavy (non-hydrogen) atoms. The molecule has 0 aliphatic rings. The van der Waals surface area contributed by atoms with Crippen molar-refractivity contribution in [3.63, 3.8) is 0 Å². The van der Waals surface area contributed by atoms with Gasteiger partial charge >= 0.3 is 12.1 Å². The summed E-state index contributed by atoms with van der Waals surface area (Å²) in [6.07, 6.45) is -2.85. The number of esters is 1. The Labute approximate surface area is 168 Å². The van der Waals surface area contributed by atoms with Gasteiger partial charge in [-0.2, -0.15) is 13.2 Å². The topological polar surface area (TPSA) is 59.2 Å². The van der Waals surface area contributed by atoms with E-state index in [1.165, 1.54) is 12.1 Å². The minimum absolute atomic E-state index is 0.187. The Bertz CT molecular complexity index is 1040. The molecule has 1 atom stereocenters. The van der Waals surface area contributed by atoms with E-state index >= 15 is 0 Å². The molecular formula is C21H18F3NO3S. The van der Waals surface area contributed by atoms with Crippen LogP contribution in [0.3, 0.4) is 0 Å². The van der Waals surface area contributed by atoms with Crippen molar-refractivity contribution in [3.05, 3.63) is 65.7 Å². The summed E-state index contributed by atoms with van der Waals surface area (Å²) < 4.78 is 55.1. The number of hydrogen-bond acceptors (Lipinski definition) is 3. The molecule has 3 rings (SSSR count). The van der Waals surface area contributed by atoms with Gasteiger partial charge < -0.3 is 9.72 Å². The molecule has 0 aliphatic carbocycles. The van der Waals surface area contributed by atoms with E-state index in [1.54, 1.807) is 43.5 Å². The molecule has 3 aromatic rings. The molecule has 0 spiro atoms. The number of ether oxygens (including phenoxy) is 1. The molecule has 1 aromatic heterocycles. The zero-order chi connectivity index (χ0) is 21.2. The highest BCUT2D eigenvalue weighted by Gasteiger charge is 2.30. The standard InChI is InChI=1S/C21H18F3NO3S/c1-3-28-20(26)17-12-18(13-4-8-15(9-5-13)21(22,23)24)25-19(17)14-6-10-16(11-7-14)29(2)27/h4-12,25H,3H2,1-2H3. The second-order valence-electron chi connectivity index (χ2n) is 6.25. The van der Waals surface area contributed by atoms with Crippen molar-refractivity contribution in [2.24, 2.45) is 0 Å². The number of H-pyrrole nitrogens is 1. The molecule has 0 saturated carbocycles. The molecule has 1 N–H and O–H groups in total. The maximum atomic E-state index is 12.8. The second kappa shape index (κ2) is 8.24. The zero-order valence-electron chi connectivity index (χ0n) is 15.7. The lowest BCUT2D eigenvalue weighted by Gasteiger charge is -2.07. The van der Waals surface area contributed by atoms with Crippen molar-refractivity contribution in [3.8, 4) is 22.5 Å². The van der Waals surface area contributed by atoms with E-state index in [1.807, 2.05) is 0 Å². The fraction of sp³-hybridized carbons (Fsp3) is 0.190. The van der Waals surface area contributed by atoms with E-state index < -0.39 is 28.5 Å². The van der Waals surface area contributed by atoms with Gasteiger partial charge in [-0.15, -0.1) is 0 Å². The smallest absolute Gasteiger partial charge is 0.416 e. The average molecular weight is 421 g/mol. The number of aromatic nitrogens is 1. The summed E-state index contributed by atoms with van der Waals surface area (Å²) >= 11 is 0. The lowest BCUT2D eigenvalue weighted by atomic mass is 10.1. The maximum Gasteiger partial charge on any atom is 0.416 e. The van der Waals surface area contributed by atoms with Crippen LogP contribution in [-0.4, -0.2) is 28.0 Å². The number of nitrogens with one attached hydrogen (secondary N) is 1. The van der Waals surface area contributed by atoms with Gasteiger partial charge in [0, 0.05) is 27.6 Å². The highest BCUT2D eigenvalue weighted by Crippen LogP contribution is 2.33. The summed E-state index contributed by atoms with van der Waals surface area (Å²) in [5, 5.41) is 0. The molecule has 0 aliphatic heterocycles. The fourth-order valence-electron chi connectivity index (χ4n) is 2.86. The molecule has 0 saturated heterocycles. The molecule has 8 heteroatoms. The predicted molar refractivity (Wildman–Crippen MR) is 105 cm³/mol. The number of benzene rings is 2. The molecule has 0 bridgehead atoms. The number of carbonyl (C=O) groups is 1. The minimum atomic E-state index is -4.42. The van der Waals surface area contributed by atoms with Gasteiger partial charge in [-0.05, 0) is 48.4 Å². The number of carbonyl (C=O) groups excluding carboxylic acids is 1. The summed E-state index contributed by atoms with van der Waals surface area (Å²) in [6.45, 7) is 1.87. The van der Waals surface area contributed by atoms with Crippen LogP contribution in [0.5, 0.6) is 0 Å². The fourth-order valence-corrected chi connectivity index (χ4v) is 3.38. The van der Waals surface area contributed by atoms with Crippen LogP contribution in [0.4, 0.5) is 13.2 Å². The van der Waals surface area contributed by atoms with E-state index in [9.17, 15) is 22.2 Å². The van der Waals surface area contributed by atoms with Crippen LogP contribution in [0.1, 0.15) is 22.8 Å². The van der Waals surface area contributed by atoms with Gasteiger partial charge in [-0.3, -0.25) is 4.21 Å². The SMILES string of the molecule is CCOC(=O)c1cc(-c2ccc(C(F)(F)F)cc2)[nH]c1-c1ccc(S(C)=O)cc1. The van der Waals surface area contributed by atoms with Crippen molar-refractivity contribution in [1.82, 2.24) is 4.98 Å². The summed E-state index contributed by atoms with van der Waals surface area (Å²) in [6, 6.07) is 13.1. The summed E-state index contributed by atoms with van der Waals surface area (Å²) in [5.74, 6) is -0.542. The van der Waals surface area contributed by atoms with Crippen LogP contribution in [0.15, 0.2) is 59.5 Å². The van der Waals surface area contributed by atoms with Crippen LogP contribution in [0.25, 0.3) is 22.5 Å². The van der Waals surface area contributed by atoms with Gasteiger partial charge in [-0.25, -0.2) is 4.79 Å². The van der Waals surface area contributed by atoms with E-state index in [4.69, 9.17) is 4.74 Å². The van der Waals surface area contributed by atoms with E-state index in [-0.39, 0.29) is 12.2 Å². The summed E-state index contributed by atoms with van der Waals surface area (Å²) in [4.78, 5) is 16.1. The molecule has 152 valence electrons. The van der Waals surface area contributed by atoms with Crippen molar-refractivity contribution < 1.29 is 26.9 Å². The van der Waals surface area contributed by atoms with Gasteiger partial charge in [0.25, 0.3) is 0 Å². The van der Waals surface area contributed by atoms with Crippen LogP contribution in [0, 0.1) is 0 Å². The van der Waals surface area contributed by atoms with Gasteiger partial charge in [-0.1, -0.05) is 24.3 Å². The van der Waals surface area contributed by atoms with Gasteiger partial charge in [0.15, 0.2) is 0 Å². The Morgan fingerprint density at radius 3 is 2.14 bits per heavy atom. The Hall–Kier alpha value is -2.87. The second-order valence-corrected chi connectivity index (χ2v) is 7.63. The number of rotatable bonds is 5. The molecule has 1 unspecified atom stereocenters. The Balaban J connectivity index is 2.05. The first-order chi connectivity index (χ1) is 13.7. The highest BCUT2D eigenvalue weighted by molar-refractivity contribution is 7.84.